The number of nitro benzene ring substituents is 1. The van der Waals surface area contributed by atoms with Crippen LogP contribution in [0.4, 0.5) is 11.4 Å². The number of nitrogens with zero attached hydrogens (tertiary/aromatic N) is 2. The number of para-hydroxylation sites is 1. The van der Waals surface area contributed by atoms with Gasteiger partial charge in [-0.05, 0) is 6.07 Å². The highest BCUT2D eigenvalue weighted by Gasteiger charge is 2.19. The molecule has 8 heteroatoms. The number of nitrogens with one attached hydrogen (secondary N) is 2. The first kappa shape index (κ1) is 15.2. The summed E-state index contributed by atoms with van der Waals surface area (Å²) in [6, 6.07) is 4.23. The molecule has 1 heterocycles. The molecule has 2 rings (SSSR count). The molecule has 1 aliphatic rings. The third-order valence-electron chi connectivity index (χ3n) is 3.45. The number of benzene rings is 1. The minimum absolute atomic E-state index is 0.0952. The largest absolute Gasteiger partial charge is 0.393 e. The molecule has 1 saturated heterocycles. The number of nitro groups is 1. The molecule has 1 aromatic rings. The van der Waals surface area contributed by atoms with E-state index >= 15 is 0 Å². The van der Waals surface area contributed by atoms with E-state index in [1.807, 2.05) is 0 Å². The zero-order chi connectivity index (χ0) is 15.2. The zero-order valence-corrected chi connectivity index (χ0v) is 11.7. The van der Waals surface area contributed by atoms with Crippen LogP contribution in [-0.4, -0.2) is 55.0 Å². The molecule has 1 amide bonds. The predicted molar refractivity (Wildman–Crippen MR) is 79.2 cm³/mol. The maximum atomic E-state index is 12.0. The Kier molecular flexibility index (Phi) is 5.07. The summed E-state index contributed by atoms with van der Waals surface area (Å²) in [5, 5.41) is 16.8. The van der Waals surface area contributed by atoms with E-state index in [0.717, 1.165) is 32.7 Å². The second kappa shape index (κ2) is 7.00. The Bertz CT molecular complexity index is 529. The summed E-state index contributed by atoms with van der Waals surface area (Å²) in [5.74, 6) is -0.383. The number of nitrogens with two attached hydrogens (primary N) is 1. The van der Waals surface area contributed by atoms with E-state index < -0.39 is 4.92 Å². The molecule has 0 atom stereocenters. The quantitative estimate of drug-likeness (QED) is 0.394. The standard InChI is InChI=1S/C13H19N5O3/c14-12-10(2-1-3-11(12)18(20)21)13(19)16-6-9-17-7-4-15-5-8-17/h1-3,15H,4-9,14H2,(H,16,19). The van der Waals surface area contributed by atoms with Crippen molar-refractivity contribution in [1.29, 1.82) is 0 Å². The second-order valence-corrected chi connectivity index (χ2v) is 4.84. The highest BCUT2D eigenvalue weighted by molar-refractivity contribution is 6.00. The molecular weight excluding hydrogens is 274 g/mol. The molecule has 8 nitrogen and oxygen atoms in total. The van der Waals surface area contributed by atoms with Crippen LogP contribution in [0.15, 0.2) is 18.2 Å². The Morgan fingerprint density at radius 1 is 1.43 bits per heavy atom. The fraction of sp³-hybridized carbons (Fsp3) is 0.462. The van der Waals surface area contributed by atoms with Crippen LogP contribution in [0, 0.1) is 10.1 Å². The Morgan fingerprint density at radius 2 is 2.14 bits per heavy atom. The summed E-state index contributed by atoms with van der Waals surface area (Å²) >= 11 is 0. The Morgan fingerprint density at radius 3 is 2.81 bits per heavy atom. The van der Waals surface area contributed by atoms with E-state index in [2.05, 4.69) is 15.5 Å². The van der Waals surface area contributed by atoms with E-state index in [-0.39, 0.29) is 22.8 Å². The van der Waals surface area contributed by atoms with Gasteiger partial charge >= 0.3 is 0 Å². The highest BCUT2D eigenvalue weighted by atomic mass is 16.6. The van der Waals surface area contributed by atoms with Crippen molar-refractivity contribution in [2.45, 2.75) is 0 Å². The summed E-state index contributed by atoms with van der Waals surface area (Å²) in [6.07, 6.45) is 0. The molecule has 1 aliphatic heterocycles. The first-order chi connectivity index (χ1) is 10.1. The van der Waals surface area contributed by atoms with E-state index in [1.54, 1.807) is 0 Å². The van der Waals surface area contributed by atoms with Gasteiger partial charge in [-0.15, -0.1) is 0 Å². The summed E-state index contributed by atoms with van der Waals surface area (Å²) < 4.78 is 0. The first-order valence-electron chi connectivity index (χ1n) is 6.83. The fourth-order valence-electron chi connectivity index (χ4n) is 2.27. The minimum atomic E-state index is -0.590. The molecule has 1 aromatic carbocycles. The molecule has 114 valence electrons. The van der Waals surface area contributed by atoms with Gasteiger partial charge in [0.05, 0.1) is 10.5 Å². The van der Waals surface area contributed by atoms with Crippen molar-refractivity contribution in [1.82, 2.24) is 15.5 Å². The van der Waals surface area contributed by atoms with Crippen LogP contribution in [0.1, 0.15) is 10.4 Å². The second-order valence-electron chi connectivity index (χ2n) is 4.84. The van der Waals surface area contributed by atoms with Gasteiger partial charge in [0.1, 0.15) is 5.69 Å². The van der Waals surface area contributed by atoms with Gasteiger partial charge in [-0.2, -0.15) is 0 Å². The van der Waals surface area contributed by atoms with Crippen LogP contribution in [0.5, 0.6) is 0 Å². The summed E-state index contributed by atoms with van der Waals surface area (Å²) in [6.45, 7) is 5.05. The third-order valence-corrected chi connectivity index (χ3v) is 3.45. The molecule has 1 fully saturated rings. The van der Waals surface area contributed by atoms with E-state index in [1.165, 1.54) is 18.2 Å². The maximum Gasteiger partial charge on any atom is 0.292 e. The number of rotatable bonds is 5. The van der Waals surface area contributed by atoms with Crippen molar-refractivity contribution >= 4 is 17.3 Å². The molecule has 0 aromatic heterocycles. The average molecular weight is 293 g/mol. The fourth-order valence-corrected chi connectivity index (χ4v) is 2.27. The Labute approximate surface area is 122 Å². The van der Waals surface area contributed by atoms with Gasteiger partial charge in [-0.25, -0.2) is 0 Å². The van der Waals surface area contributed by atoms with Gasteiger partial charge in [0.2, 0.25) is 0 Å². The average Bonchev–Trinajstić information content (AvgIpc) is 2.48. The lowest BCUT2D eigenvalue weighted by molar-refractivity contribution is -0.383. The number of carbonyl (C=O) groups is 1. The van der Waals surface area contributed by atoms with Crippen LogP contribution in [-0.2, 0) is 0 Å². The zero-order valence-electron chi connectivity index (χ0n) is 11.7. The number of anilines is 1. The van der Waals surface area contributed by atoms with Crippen molar-refractivity contribution in [3.63, 3.8) is 0 Å². The molecule has 0 unspecified atom stereocenters. The van der Waals surface area contributed by atoms with Crippen LogP contribution in [0.2, 0.25) is 0 Å². The van der Waals surface area contributed by atoms with Crippen LogP contribution in [0.3, 0.4) is 0 Å². The summed E-state index contributed by atoms with van der Waals surface area (Å²) in [7, 11) is 0. The molecule has 4 N–H and O–H groups in total. The van der Waals surface area contributed by atoms with Gasteiger partial charge in [0.25, 0.3) is 11.6 Å². The molecule has 0 aliphatic carbocycles. The van der Waals surface area contributed by atoms with Gasteiger partial charge in [0.15, 0.2) is 0 Å². The Balaban J connectivity index is 1.91. The lowest BCUT2D eigenvalue weighted by Crippen LogP contribution is -2.46. The van der Waals surface area contributed by atoms with Crippen LogP contribution >= 0.6 is 0 Å². The van der Waals surface area contributed by atoms with E-state index in [4.69, 9.17) is 5.73 Å². The van der Waals surface area contributed by atoms with E-state index in [0.29, 0.717) is 6.54 Å². The van der Waals surface area contributed by atoms with Crippen LogP contribution in [0.25, 0.3) is 0 Å². The highest BCUT2D eigenvalue weighted by Crippen LogP contribution is 2.24. The minimum Gasteiger partial charge on any atom is -0.393 e. The number of piperazine rings is 1. The lowest BCUT2D eigenvalue weighted by atomic mass is 10.1. The van der Waals surface area contributed by atoms with Crippen molar-refractivity contribution in [3.8, 4) is 0 Å². The number of carbonyl (C=O) groups excluding carboxylic acids is 1. The Hall–Kier alpha value is -2.19. The smallest absolute Gasteiger partial charge is 0.292 e. The lowest BCUT2D eigenvalue weighted by Gasteiger charge is -2.27. The molecule has 0 saturated carbocycles. The van der Waals surface area contributed by atoms with Crippen molar-refractivity contribution < 1.29 is 9.72 Å². The first-order valence-corrected chi connectivity index (χ1v) is 6.83. The number of amides is 1. The third kappa shape index (κ3) is 3.89. The van der Waals surface area contributed by atoms with E-state index in [9.17, 15) is 14.9 Å². The van der Waals surface area contributed by atoms with Crippen molar-refractivity contribution in [3.05, 3.63) is 33.9 Å². The molecule has 0 bridgehead atoms. The van der Waals surface area contributed by atoms with Crippen molar-refractivity contribution in [2.75, 3.05) is 45.0 Å². The van der Waals surface area contributed by atoms with Gasteiger partial charge < -0.3 is 16.4 Å². The maximum absolute atomic E-state index is 12.0. The predicted octanol–water partition coefficient (Wildman–Crippen LogP) is -0.188. The topological polar surface area (TPSA) is 114 Å². The number of hydrogen-bond donors (Lipinski definition) is 3. The summed E-state index contributed by atoms with van der Waals surface area (Å²) in [4.78, 5) is 24.5. The molecule has 0 radical (unpaired) electrons. The van der Waals surface area contributed by atoms with Crippen LogP contribution < -0.4 is 16.4 Å². The normalized spacial score (nSPS) is 15.6. The molecule has 21 heavy (non-hydrogen) atoms. The molecular formula is C13H19N5O3. The summed E-state index contributed by atoms with van der Waals surface area (Å²) in [5.41, 5.74) is 5.48. The van der Waals surface area contributed by atoms with Gasteiger partial charge in [-0.1, -0.05) is 6.07 Å². The van der Waals surface area contributed by atoms with Gasteiger partial charge in [-0.3, -0.25) is 19.8 Å². The molecule has 0 spiro atoms. The van der Waals surface area contributed by atoms with Crippen molar-refractivity contribution in [2.24, 2.45) is 0 Å². The number of nitrogen functional groups attached to an aromatic ring is 1. The number of hydrogen-bond acceptors (Lipinski definition) is 6. The monoisotopic (exact) mass is 293 g/mol. The van der Waals surface area contributed by atoms with Gasteiger partial charge in [0, 0.05) is 45.3 Å². The SMILES string of the molecule is Nc1c(C(=O)NCCN2CCNCC2)cccc1[N+](=O)[O-].